The Morgan fingerprint density at radius 1 is 1.43 bits per heavy atom. The van der Waals surface area contributed by atoms with Gasteiger partial charge in [0.05, 0.1) is 19.2 Å². The Labute approximate surface area is 124 Å². The van der Waals surface area contributed by atoms with Gasteiger partial charge in [-0.15, -0.1) is 0 Å². The molecule has 1 amide bonds. The fourth-order valence-corrected chi connectivity index (χ4v) is 1.90. The monoisotopic (exact) mass is 288 g/mol. The third kappa shape index (κ3) is 4.08. The average molecular weight is 288 g/mol. The molecule has 0 bridgehead atoms. The lowest BCUT2D eigenvalue weighted by atomic mass is 10.1. The molecule has 21 heavy (non-hydrogen) atoms. The first-order valence-corrected chi connectivity index (χ1v) is 7.01. The van der Waals surface area contributed by atoms with Gasteiger partial charge in [0.25, 0.3) is 0 Å². The number of benzene rings is 1. The van der Waals surface area contributed by atoms with Crippen molar-refractivity contribution in [3.8, 4) is 17.1 Å². The van der Waals surface area contributed by atoms with Gasteiger partial charge in [-0.3, -0.25) is 4.79 Å². The van der Waals surface area contributed by atoms with Crippen molar-refractivity contribution in [3.63, 3.8) is 0 Å². The van der Waals surface area contributed by atoms with Crippen LogP contribution in [0.4, 0.5) is 0 Å². The minimum absolute atomic E-state index is 0.0464. The number of carbonyl (C=O) groups is 1. The summed E-state index contributed by atoms with van der Waals surface area (Å²) in [6, 6.07) is 9.47. The second kappa shape index (κ2) is 6.92. The Morgan fingerprint density at radius 2 is 2.24 bits per heavy atom. The summed E-state index contributed by atoms with van der Waals surface area (Å²) in [6.45, 7) is 4.00. The maximum Gasteiger partial charge on any atom is 0.226 e. The van der Waals surface area contributed by atoms with E-state index in [-0.39, 0.29) is 18.4 Å². The second-order valence-electron chi connectivity index (χ2n) is 4.97. The van der Waals surface area contributed by atoms with Crippen molar-refractivity contribution in [3.05, 3.63) is 36.0 Å². The lowest BCUT2D eigenvalue weighted by molar-refractivity contribution is -0.121. The predicted molar refractivity (Wildman–Crippen MR) is 80.1 cm³/mol. The summed E-state index contributed by atoms with van der Waals surface area (Å²) >= 11 is 0. The molecule has 0 saturated carbocycles. The van der Waals surface area contributed by atoms with Gasteiger partial charge in [0.15, 0.2) is 5.76 Å². The zero-order valence-corrected chi connectivity index (χ0v) is 12.6. The summed E-state index contributed by atoms with van der Waals surface area (Å²) in [5, 5.41) is 6.85. The van der Waals surface area contributed by atoms with E-state index in [2.05, 4.69) is 10.5 Å². The Hall–Kier alpha value is -2.30. The third-order valence-corrected chi connectivity index (χ3v) is 3.27. The molecule has 1 aromatic heterocycles. The van der Waals surface area contributed by atoms with Crippen molar-refractivity contribution < 1.29 is 14.1 Å². The van der Waals surface area contributed by atoms with Crippen LogP contribution in [-0.2, 0) is 11.2 Å². The van der Waals surface area contributed by atoms with Crippen molar-refractivity contribution in [2.75, 3.05) is 7.11 Å². The maximum absolute atomic E-state index is 11.8. The first-order chi connectivity index (χ1) is 10.1. The van der Waals surface area contributed by atoms with E-state index in [4.69, 9.17) is 9.26 Å². The smallest absolute Gasteiger partial charge is 0.226 e. The number of hydrogen-bond donors (Lipinski definition) is 1. The number of ether oxygens (including phenoxy) is 1. The van der Waals surface area contributed by atoms with Crippen LogP contribution in [0, 0.1) is 0 Å². The number of amides is 1. The van der Waals surface area contributed by atoms with E-state index in [1.807, 2.05) is 38.1 Å². The molecular formula is C16H20N2O3. The summed E-state index contributed by atoms with van der Waals surface area (Å²) in [6.07, 6.45) is 1.12. The van der Waals surface area contributed by atoms with E-state index >= 15 is 0 Å². The van der Waals surface area contributed by atoms with Gasteiger partial charge in [-0.05, 0) is 25.5 Å². The highest BCUT2D eigenvalue weighted by Gasteiger charge is 2.12. The van der Waals surface area contributed by atoms with Crippen LogP contribution in [0.5, 0.6) is 5.75 Å². The van der Waals surface area contributed by atoms with Crippen LogP contribution >= 0.6 is 0 Å². The molecule has 0 aliphatic carbocycles. The summed E-state index contributed by atoms with van der Waals surface area (Å²) in [5.41, 5.74) is 1.49. The molecule has 0 saturated heterocycles. The number of carbonyl (C=O) groups excluding carboxylic acids is 1. The van der Waals surface area contributed by atoms with E-state index in [1.165, 1.54) is 0 Å². The van der Waals surface area contributed by atoms with E-state index in [0.29, 0.717) is 11.5 Å². The number of aromatic nitrogens is 1. The molecule has 1 unspecified atom stereocenters. The first-order valence-electron chi connectivity index (χ1n) is 7.01. The molecule has 0 spiro atoms. The number of hydrogen-bond acceptors (Lipinski definition) is 4. The van der Waals surface area contributed by atoms with Gasteiger partial charge in [-0.25, -0.2) is 0 Å². The number of methoxy groups -OCH3 is 1. The van der Waals surface area contributed by atoms with Crippen LogP contribution in [0.25, 0.3) is 11.3 Å². The highest BCUT2D eigenvalue weighted by atomic mass is 16.5. The molecule has 2 rings (SSSR count). The normalized spacial score (nSPS) is 12.0. The molecule has 5 nitrogen and oxygen atoms in total. The first kappa shape index (κ1) is 15.1. The number of rotatable bonds is 6. The lowest BCUT2D eigenvalue weighted by Gasteiger charge is -2.09. The van der Waals surface area contributed by atoms with E-state index in [0.717, 1.165) is 17.7 Å². The van der Waals surface area contributed by atoms with Crippen LogP contribution in [-0.4, -0.2) is 24.2 Å². The molecule has 1 heterocycles. The van der Waals surface area contributed by atoms with Crippen LogP contribution in [0.3, 0.4) is 0 Å². The second-order valence-corrected chi connectivity index (χ2v) is 4.97. The molecule has 112 valence electrons. The minimum Gasteiger partial charge on any atom is -0.497 e. The molecule has 1 N–H and O–H groups in total. The Bertz CT molecular complexity index is 607. The predicted octanol–water partition coefficient (Wildman–Crippen LogP) is 2.81. The van der Waals surface area contributed by atoms with Crippen LogP contribution in [0.2, 0.25) is 0 Å². The fraction of sp³-hybridized carbons (Fsp3) is 0.375. The number of nitrogens with one attached hydrogen (secondary N) is 1. The fourth-order valence-electron chi connectivity index (χ4n) is 1.90. The van der Waals surface area contributed by atoms with Gasteiger partial charge in [0.1, 0.15) is 5.75 Å². The van der Waals surface area contributed by atoms with Crippen LogP contribution in [0.1, 0.15) is 26.0 Å². The highest BCUT2D eigenvalue weighted by molar-refractivity contribution is 5.78. The molecule has 0 radical (unpaired) electrons. The molecule has 1 aromatic carbocycles. The van der Waals surface area contributed by atoms with Crippen molar-refractivity contribution >= 4 is 5.91 Å². The van der Waals surface area contributed by atoms with Crippen molar-refractivity contribution in [1.82, 2.24) is 10.5 Å². The van der Waals surface area contributed by atoms with Crippen molar-refractivity contribution in [2.45, 2.75) is 32.7 Å². The molecular weight excluding hydrogens is 268 g/mol. The van der Waals surface area contributed by atoms with Gasteiger partial charge in [0.2, 0.25) is 5.91 Å². The standard InChI is InChI=1S/C16H20N2O3/c1-4-11(2)17-16(19)10-13-9-15(21-18-13)12-6-5-7-14(8-12)20-3/h5-9,11H,4,10H2,1-3H3,(H,17,19). The lowest BCUT2D eigenvalue weighted by Crippen LogP contribution is -2.33. The highest BCUT2D eigenvalue weighted by Crippen LogP contribution is 2.24. The quantitative estimate of drug-likeness (QED) is 0.887. The van der Waals surface area contributed by atoms with Gasteiger partial charge in [0, 0.05) is 17.7 Å². The Morgan fingerprint density at radius 3 is 2.95 bits per heavy atom. The van der Waals surface area contributed by atoms with Crippen molar-refractivity contribution in [1.29, 1.82) is 0 Å². The van der Waals surface area contributed by atoms with Gasteiger partial charge < -0.3 is 14.6 Å². The zero-order valence-electron chi connectivity index (χ0n) is 12.6. The van der Waals surface area contributed by atoms with E-state index in [9.17, 15) is 4.79 Å². The summed E-state index contributed by atoms with van der Waals surface area (Å²) in [5.74, 6) is 1.33. The Balaban J connectivity index is 2.05. The maximum atomic E-state index is 11.8. The van der Waals surface area contributed by atoms with Gasteiger partial charge in [-0.1, -0.05) is 24.2 Å². The Kier molecular flexibility index (Phi) is 4.98. The topological polar surface area (TPSA) is 64.4 Å². The van der Waals surface area contributed by atoms with E-state index in [1.54, 1.807) is 13.2 Å². The van der Waals surface area contributed by atoms with Crippen molar-refractivity contribution in [2.24, 2.45) is 0 Å². The van der Waals surface area contributed by atoms with E-state index < -0.39 is 0 Å². The average Bonchev–Trinajstić information content (AvgIpc) is 2.95. The molecule has 5 heteroatoms. The number of nitrogens with zero attached hydrogens (tertiary/aromatic N) is 1. The summed E-state index contributed by atoms with van der Waals surface area (Å²) < 4.78 is 10.5. The third-order valence-electron chi connectivity index (χ3n) is 3.27. The molecule has 0 fully saturated rings. The largest absolute Gasteiger partial charge is 0.497 e. The molecule has 2 aromatic rings. The van der Waals surface area contributed by atoms with Crippen LogP contribution < -0.4 is 10.1 Å². The minimum atomic E-state index is -0.0464. The summed E-state index contributed by atoms with van der Waals surface area (Å²) in [7, 11) is 1.62. The SMILES string of the molecule is CCC(C)NC(=O)Cc1cc(-c2cccc(OC)c2)on1. The van der Waals surface area contributed by atoms with Gasteiger partial charge >= 0.3 is 0 Å². The molecule has 1 atom stereocenters. The van der Waals surface area contributed by atoms with Gasteiger partial charge in [-0.2, -0.15) is 0 Å². The summed E-state index contributed by atoms with van der Waals surface area (Å²) in [4.78, 5) is 11.8. The molecule has 0 aliphatic rings. The molecule has 0 aliphatic heterocycles. The van der Waals surface area contributed by atoms with Crippen LogP contribution in [0.15, 0.2) is 34.9 Å². The zero-order chi connectivity index (χ0) is 15.2.